The van der Waals surface area contributed by atoms with Crippen molar-refractivity contribution in [1.82, 2.24) is 49.3 Å². The van der Waals surface area contributed by atoms with Crippen LogP contribution in [0, 0.1) is 28.6 Å². The highest BCUT2D eigenvalue weighted by molar-refractivity contribution is 5.99. The number of piperidine rings is 2. The van der Waals surface area contributed by atoms with Crippen molar-refractivity contribution in [3.05, 3.63) is 67.3 Å². The van der Waals surface area contributed by atoms with Gasteiger partial charge in [-0.2, -0.15) is 15.5 Å². The van der Waals surface area contributed by atoms with Gasteiger partial charge >= 0.3 is 6.01 Å². The Morgan fingerprint density at radius 1 is 0.817 bits per heavy atom. The normalized spacial score (nSPS) is 19.1. The van der Waals surface area contributed by atoms with Gasteiger partial charge in [-0.05, 0) is 43.0 Å². The molecule has 8 heterocycles. The topological polar surface area (TPSA) is 237 Å². The maximum atomic E-state index is 13.5. The summed E-state index contributed by atoms with van der Waals surface area (Å²) >= 11 is 0. The van der Waals surface area contributed by atoms with Crippen molar-refractivity contribution >= 4 is 51.0 Å². The summed E-state index contributed by atoms with van der Waals surface area (Å²) in [5, 5.41) is 27.9. The van der Waals surface area contributed by atoms with Gasteiger partial charge in [0, 0.05) is 104 Å². The molecular formula is C42H42N14O4. The molecule has 0 unspecified atom stereocenters. The van der Waals surface area contributed by atoms with Gasteiger partial charge in [0.2, 0.25) is 11.8 Å². The van der Waals surface area contributed by atoms with Crippen LogP contribution in [-0.2, 0) is 9.59 Å². The van der Waals surface area contributed by atoms with Crippen molar-refractivity contribution in [3.63, 3.8) is 0 Å². The second kappa shape index (κ2) is 16.8. The lowest BCUT2D eigenvalue weighted by atomic mass is 9.95. The molecule has 0 aliphatic carbocycles. The summed E-state index contributed by atoms with van der Waals surface area (Å²) in [5.74, 6) is -0.478. The van der Waals surface area contributed by atoms with E-state index in [0.29, 0.717) is 66.4 Å². The first-order valence-electron chi connectivity index (χ1n) is 19.6. The van der Waals surface area contributed by atoms with Crippen molar-refractivity contribution in [2.45, 2.75) is 57.7 Å². The number of nitrogens with zero attached hydrogens (tertiary/aromatic N) is 11. The van der Waals surface area contributed by atoms with E-state index in [1.807, 2.05) is 30.5 Å². The van der Waals surface area contributed by atoms with Gasteiger partial charge in [-0.15, -0.1) is 0 Å². The number of methoxy groups -OCH3 is 1. The second-order valence-electron chi connectivity index (χ2n) is 15.2. The van der Waals surface area contributed by atoms with Gasteiger partial charge in [0.25, 0.3) is 0 Å². The number of nitrogens with one attached hydrogen (secondary N) is 3. The van der Waals surface area contributed by atoms with Gasteiger partial charge in [-0.25, -0.2) is 24.9 Å². The molecule has 2 aliphatic rings. The molecule has 6 aromatic heterocycles. The van der Waals surface area contributed by atoms with Crippen molar-refractivity contribution in [2.75, 3.05) is 43.9 Å². The fraction of sp³-hybridized carbons (Fsp3) is 0.357. The Morgan fingerprint density at radius 2 is 1.47 bits per heavy atom. The first-order chi connectivity index (χ1) is 29.1. The number of ether oxygens (including phenoxy) is 1. The number of aromatic amines is 1. The van der Waals surface area contributed by atoms with Crippen LogP contribution >= 0.6 is 0 Å². The lowest BCUT2D eigenvalue weighted by Crippen LogP contribution is -2.49. The Kier molecular flexibility index (Phi) is 11.0. The van der Waals surface area contributed by atoms with E-state index in [2.05, 4.69) is 52.0 Å². The lowest BCUT2D eigenvalue weighted by molar-refractivity contribution is -0.132. The molecule has 2 aliphatic heterocycles. The SMILES string of the molecule is COc1nccc(-c2cnc3c(ccn3[C@H]3C[C@@H](Nc4c(-c5ccnc(C(C)=O)n5)cnc5[nH]ccc45)CN(C(=O)CC#N)C3)c2N[C@@H]2C[C@H](C)CN(C(=O)CC#N)C2)n1. The number of H-pyrrole nitrogens is 1. The summed E-state index contributed by atoms with van der Waals surface area (Å²) < 4.78 is 7.43. The number of rotatable bonds is 11. The van der Waals surface area contributed by atoms with Gasteiger partial charge in [0.1, 0.15) is 24.1 Å². The standard InChI is InChI=1S/C42H42N14O4/c1-24-16-26(21-54(20-24)35(58)4-10-43)50-38-30-9-15-56(41(30)49-19-32(38)34-8-14-47-42(53-34)60-3)28-17-27(22-55(23-28)36(59)5-11-44)51-37-29-6-12-46-40(29)48-18-31(37)33-7-13-45-39(52-33)25(2)57/h6-9,12-15,18-19,24,26-28H,4-5,16-17,20-23H2,1-3H3,(H,49,50)(H2,46,48,51)/t24-,26+,27+,28-/m0/s1. The number of likely N-dealkylation sites (tertiary alicyclic amines) is 2. The number of nitriles is 2. The summed E-state index contributed by atoms with van der Waals surface area (Å²) in [6.45, 7) is 5.17. The molecule has 2 amide bonds. The molecular weight excluding hydrogens is 765 g/mol. The minimum atomic E-state index is -0.303. The average molecular weight is 807 g/mol. The summed E-state index contributed by atoms with van der Waals surface area (Å²) in [6, 6.07) is 10.9. The molecule has 3 N–H and O–H groups in total. The number of aromatic nitrogens is 8. The number of amides is 2. The predicted octanol–water partition coefficient (Wildman–Crippen LogP) is 4.77. The maximum absolute atomic E-state index is 13.5. The van der Waals surface area contributed by atoms with Gasteiger partial charge < -0.3 is 34.7 Å². The van der Waals surface area contributed by atoms with E-state index in [0.717, 1.165) is 28.6 Å². The van der Waals surface area contributed by atoms with Gasteiger partial charge in [0.15, 0.2) is 11.6 Å². The van der Waals surface area contributed by atoms with Crippen molar-refractivity contribution in [3.8, 4) is 40.7 Å². The monoisotopic (exact) mass is 806 g/mol. The number of Topliss-reactive ketones (excluding diaryl/α,β-unsaturated/α-hetero) is 1. The highest BCUT2D eigenvalue weighted by atomic mass is 16.5. The molecule has 18 nitrogen and oxygen atoms in total. The van der Waals surface area contributed by atoms with E-state index in [1.54, 1.807) is 52.9 Å². The highest BCUT2D eigenvalue weighted by Gasteiger charge is 2.34. The number of hydrogen-bond donors (Lipinski definition) is 3. The van der Waals surface area contributed by atoms with Crippen LogP contribution < -0.4 is 15.4 Å². The van der Waals surface area contributed by atoms with Crippen molar-refractivity contribution < 1.29 is 19.1 Å². The number of fused-ring (bicyclic) bond motifs is 2. The quantitative estimate of drug-likeness (QED) is 0.150. The summed E-state index contributed by atoms with van der Waals surface area (Å²) in [6.07, 6.45) is 11.3. The third-order valence-electron chi connectivity index (χ3n) is 11.0. The van der Waals surface area contributed by atoms with Crippen LogP contribution in [0.15, 0.2) is 61.4 Å². The van der Waals surface area contributed by atoms with Crippen LogP contribution in [0.25, 0.3) is 44.6 Å². The van der Waals surface area contributed by atoms with Gasteiger partial charge in [0.05, 0.1) is 48.1 Å². The molecule has 0 bridgehead atoms. The van der Waals surface area contributed by atoms with Crippen LogP contribution in [0.3, 0.4) is 0 Å². The van der Waals surface area contributed by atoms with E-state index in [-0.39, 0.29) is 66.3 Å². The number of pyridine rings is 2. The minimum absolute atomic E-state index is 0.0873. The Labute approximate surface area is 344 Å². The molecule has 304 valence electrons. The molecule has 18 heteroatoms. The van der Waals surface area contributed by atoms with Crippen LogP contribution in [0.1, 0.15) is 56.2 Å². The highest BCUT2D eigenvalue weighted by Crippen LogP contribution is 2.39. The average Bonchev–Trinajstić information content (AvgIpc) is 3.92. The summed E-state index contributed by atoms with van der Waals surface area (Å²) in [7, 11) is 1.50. The Balaban J connectivity index is 1.18. The van der Waals surface area contributed by atoms with Gasteiger partial charge in [-0.3, -0.25) is 14.4 Å². The Bertz CT molecular complexity index is 2700. The Hall–Kier alpha value is -7.47. The number of ketones is 1. The van der Waals surface area contributed by atoms with Crippen molar-refractivity contribution in [2.24, 2.45) is 5.92 Å². The van der Waals surface area contributed by atoms with Crippen LogP contribution in [0.2, 0.25) is 0 Å². The number of anilines is 2. The largest absolute Gasteiger partial charge is 0.467 e. The fourth-order valence-electron chi connectivity index (χ4n) is 8.38. The molecule has 0 aromatic carbocycles. The maximum Gasteiger partial charge on any atom is 0.316 e. The number of carbonyl (C=O) groups is 3. The molecule has 2 saturated heterocycles. The van der Waals surface area contributed by atoms with Crippen molar-refractivity contribution in [1.29, 1.82) is 10.5 Å². The smallest absolute Gasteiger partial charge is 0.316 e. The zero-order chi connectivity index (χ0) is 41.9. The number of carbonyl (C=O) groups excluding carboxylic acids is 3. The zero-order valence-corrected chi connectivity index (χ0v) is 33.3. The Morgan fingerprint density at radius 3 is 2.17 bits per heavy atom. The first-order valence-corrected chi connectivity index (χ1v) is 19.6. The third-order valence-corrected chi connectivity index (χ3v) is 11.0. The third kappa shape index (κ3) is 7.87. The molecule has 0 radical (unpaired) electrons. The van der Waals surface area contributed by atoms with Crippen LogP contribution in [-0.4, -0.2) is 112 Å². The molecule has 8 rings (SSSR count). The summed E-state index contributed by atoms with van der Waals surface area (Å²) in [5.41, 5.74) is 5.27. The lowest BCUT2D eigenvalue weighted by Gasteiger charge is -2.39. The molecule has 6 aromatic rings. The van der Waals surface area contributed by atoms with Crippen LogP contribution in [0.4, 0.5) is 11.4 Å². The molecule has 2 fully saturated rings. The summed E-state index contributed by atoms with van der Waals surface area (Å²) in [4.78, 5) is 72.4. The molecule has 60 heavy (non-hydrogen) atoms. The van der Waals surface area contributed by atoms with Crippen LogP contribution in [0.5, 0.6) is 6.01 Å². The predicted molar refractivity (Wildman–Crippen MR) is 220 cm³/mol. The second-order valence-corrected chi connectivity index (χ2v) is 15.2. The van der Waals surface area contributed by atoms with E-state index in [4.69, 9.17) is 9.72 Å². The molecule has 0 spiro atoms. The molecule has 4 atom stereocenters. The first kappa shape index (κ1) is 39.4. The van der Waals surface area contributed by atoms with E-state index < -0.39 is 0 Å². The van der Waals surface area contributed by atoms with E-state index in [9.17, 15) is 24.9 Å². The zero-order valence-electron chi connectivity index (χ0n) is 33.3. The molecule has 0 saturated carbocycles. The minimum Gasteiger partial charge on any atom is -0.467 e. The van der Waals surface area contributed by atoms with Gasteiger partial charge in [-0.1, -0.05) is 6.92 Å². The fourth-order valence-corrected chi connectivity index (χ4v) is 8.38. The van der Waals surface area contributed by atoms with E-state index in [1.165, 1.54) is 14.0 Å². The van der Waals surface area contributed by atoms with E-state index >= 15 is 0 Å². The number of hydrogen-bond acceptors (Lipinski definition) is 14.